The SMILES string of the molecule is C=C(N)/C(=C/C)N=CC(=C)C1CCC(CO)CC1. The maximum Gasteiger partial charge on any atom is 0.0810 e. The zero-order valence-corrected chi connectivity index (χ0v) is 11.2. The highest BCUT2D eigenvalue weighted by atomic mass is 16.3. The molecule has 1 saturated carbocycles. The molecule has 3 heteroatoms. The third-order valence-corrected chi connectivity index (χ3v) is 3.60. The van der Waals surface area contributed by atoms with Crippen LogP contribution in [0.15, 0.2) is 41.2 Å². The highest BCUT2D eigenvalue weighted by molar-refractivity contribution is 5.79. The smallest absolute Gasteiger partial charge is 0.0810 e. The van der Waals surface area contributed by atoms with Crippen LogP contribution in [0.1, 0.15) is 32.6 Å². The number of hydrogen-bond acceptors (Lipinski definition) is 3. The fourth-order valence-corrected chi connectivity index (χ4v) is 2.32. The van der Waals surface area contributed by atoms with Gasteiger partial charge in [-0.3, -0.25) is 4.99 Å². The topological polar surface area (TPSA) is 58.6 Å². The van der Waals surface area contributed by atoms with Gasteiger partial charge < -0.3 is 10.8 Å². The van der Waals surface area contributed by atoms with Crippen molar-refractivity contribution in [2.45, 2.75) is 32.6 Å². The monoisotopic (exact) mass is 248 g/mol. The van der Waals surface area contributed by atoms with Gasteiger partial charge in [0.1, 0.15) is 0 Å². The van der Waals surface area contributed by atoms with Crippen LogP contribution in [0.3, 0.4) is 0 Å². The van der Waals surface area contributed by atoms with Crippen molar-refractivity contribution < 1.29 is 5.11 Å². The van der Waals surface area contributed by atoms with E-state index in [0.717, 1.165) is 31.3 Å². The Bertz CT molecular complexity index is 361. The summed E-state index contributed by atoms with van der Waals surface area (Å²) in [6.45, 7) is 9.96. The van der Waals surface area contributed by atoms with Gasteiger partial charge in [0, 0.05) is 18.5 Å². The Kier molecular flexibility index (Phi) is 5.86. The van der Waals surface area contributed by atoms with Crippen LogP contribution in [0.4, 0.5) is 0 Å². The summed E-state index contributed by atoms with van der Waals surface area (Å²) in [6, 6.07) is 0. The van der Waals surface area contributed by atoms with Crippen molar-refractivity contribution in [3.05, 3.63) is 36.2 Å². The number of aliphatic hydroxyl groups excluding tert-OH is 1. The third kappa shape index (κ3) is 4.15. The van der Waals surface area contributed by atoms with Gasteiger partial charge in [-0.05, 0) is 50.0 Å². The van der Waals surface area contributed by atoms with E-state index in [9.17, 15) is 0 Å². The molecule has 1 fully saturated rings. The van der Waals surface area contributed by atoms with Crippen molar-refractivity contribution in [1.82, 2.24) is 0 Å². The van der Waals surface area contributed by atoms with Gasteiger partial charge in [0.15, 0.2) is 0 Å². The van der Waals surface area contributed by atoms with Gasteiger partial charge in [-0.15, -0.1) is 0 Å². The Morgan fingerprint density at radius 1 is 1.33 bits per heavy atom. The summed E-state index contributed by atoms with van der Waals surface area (Å²) in [5, 5.41) is 9.11. The molecule has 0 aromatic rings. The second-order valence-corrected chi connectivity index (χ2v) is 4.93. The molecule has 0 aromatic heterocycles. The molecule has 0 heterocycles. The van der Waals surface area contributed by atoms with Crippen molar-refractivity contribution in [3.63, 3.8) is 0 Å². The van der Waals surface area contributed by atoms with Crippen molar-refractivity contribution in [3.8, 4) is 0 Å². The summed E-state index contributed by atoms with van der Waals surface area (Å²) in [7, 11) is 0. The van der Waals surface area contributed by atoms with E-state index < -0.39 is 0 Å². The van der Waals surface area contributed by atoms with E-state index in [1.807, 2.05) is 13.0 Å². The minimum atomic E-state index is 0.309. The van der Waals surface area contributed by atoms with Crippen LogP contribution < -0.4 is 5.73 Å². The van der Waals surface area contributed by atoms with Crippen molar-refractivity contribution in [2.24, 2.45) is 22.6 Å². The average molecular weight is 248 g/mol. The Morgan fingerprint density at radius 2 is 1.94 bits per heavy atom. The van der Waals surface area contributed by atoms with Gasteiger partial charge >= 0.3 is 0 Å². The number of nitrogens with zero attached hydrogens (tertiary/aromatic N) is 1. The molecule has 18 heavy (non-hydrogen) atoms. The van der Waals surface area contributed by atoms with Crippen molar-refractivity contribution in [1.29, 1.82) is 0 Å². The molecule has 0 saturated heterocycles. The van der Waals surface area contributed by atoms with Crippen LogP contribution in [0.2, 0.25) is 0 Å². The Labute approximate surface area is 110 Å². The first-order valence-corrected chi connectivity index (χ1v) is 6.53. The van der Waals surface area contributed by atoms with Gasteiger partial charge in [-0.1, -0.05) is 19.2 Å². The van der Waals surface area contributed by atoms with E-state index in [0.29, 0.717) is 29.8 Å². The predicted octanol–water partition coefficient (Wildman–Crippen LogP) is 2.79. The minimum absolute atomic E-state index is 0.309. The molecule has 0 aliphatic heterocycles. The fraction of sp³-hybridized carbons (Fsp3) is 0.533. The lowest BCUT2D eigenvalue weighted by molar-refractivity contribution is 0.177. The van der Waals surface area contributed by atoms with Gasteiger partial charge in [-0.2, -0.15) is 0 Å². The highest BCUT2D eigenvalue weighted by Crippen LogP contribution is 2.31. The van der Waals surface area contributed by atoms with E-state index >= 15 is 0 Å². The van der Waals surface area contributed by atoms with Crippen LogP contribution in [-0.2, 0) is 0 Å². The normalized spacial score (nSPS) is 25.3. The van der Waals surface area contributed by atoms with Crippen molar-refractivity contribution >= 4 is 6.21 Å². The molecular formula is C15H24N2O. The first kappa shape index (κ1) is 14.7. The molecule has 0 radical (unpaired) electrons. The maximum absolute atomic E-state index is 9.11. The van der Waals surface area contributed by atoms with E-state index in [1.54, 1.807) is 6.21 Å². The molecule has 0 spiro atoms. The lowest BCUT2D eigenvalue weighted by atomic mass is 9.79. The molecule has 100 valence electrons. The lowest BCUT2D eigenvalue weighted by Crippen LogP contribution is -2.18. The standard InChI is InChI=1S/C15H24N2O/c1-4-15(12(3)16)17-9-11(2)14-7-5-13(10-18)6-8-14/h4,9,13-14,18H,2-3,5-8,10,16H2,1H3/b15-4-,17-9?. The molecule has 0 aromatic carbocycles. The molecule has 1 aliphatic rings. The largest absolute Gasteiger partial charge is 0.397 e. The molecule has 0 bridgehead atoms. The number of rotatable bonds is 5. The summed E-state index contributed by atoms with van der Waals surface area (Å²) < 4.78 is 0. The van der Waals surface area contributed by atoms with E-state index in [4.69, 9.17) is 10.8 Å². The molecule has 0 unspecified atom stereocenters. The average Bonchev–Trinajstić information content (AvgIpc) is 2.39. The molecule has 0 amide bonds. The highest BCUT2D eigenvalue weighted by Gasteiger charge is 2.21. The summed E-state index contributed by atoms with van der Waals surface area (Å²) in [5.74, 6) is 0.960. The minimum Gasteiger partial charge on any atom is -0.397 e. The molecule has 3 N–H and O–H groups in total. The van der Waals surface area contributed by atoms with Crippen LogP contribution in [0.5, 0.6) is 0 Å². The quantitative estimate of drug-likeness (QED) is 0.580. The number of allylic oxidation sites excluding steroid dienone is 2. The molecule has 1 aliphatic carbocycles. The van der Waals surface area contributed by atoms with Gasteiger partial charge in [-0.25, -0.2) is 0 Å². The van der Waals surface area contributed by atoms with Gasteiger partial charge in [0.2, 0.25) is 0 Å². The van der Waals surface area contributed by atoms with Gasteiger partial charge in [0.25, 0.3) is 0 Å². The number of hydrogen-bond donors (Lipinski definition) is 2. The Morgan fingerprint density at radius 3 is 2.39 bits per heavy atom. The van der Waals surface area contributed by atoms with E-state index in [-0.39, 0.29) is 0 Å². The molecule has 0 atom stereocenters. The molecular weight excluding hydrogens is 224 g/mol. The van der Waals surface area contributed by atoms with E-state index in [1.165, 1.54) is 0 Å². The maximum atomic E-state index is 9.11. The summed E-state index contributed by atoms with van der Waals surface area (Å²) in [5.41, 5.74) is 7.85. The second kappa shape index (κ2) is 7.17. The zero-order chi connectivity index (χ0) is 13.5. The van der Waals surface area contributed by atoms with Crippen LogP contribution in [0.25, 0.3) is 0 Å². The number of aliphatic hydroxyl groups is 1. The first-order chi connectivity index (χ1) is 8.58. The Hall–Kier alpha value is -1.35. The zero-order valence-electron chi connectivity index (χ0n) is 11.2. The summed E-state index contributed by atoms with van der Waals surface area (Å²) >= 11 is 0. The third-order valence-electron chi connectivity index (χ3n) is 3.60. The first-order valence-electron chi connectivity index (χ1n) is 6.53. The molecule has 3 nitrogen and oxygen atoms in total. The van der Waals surface area contributed by atoms with Crippen LogP contribution >= 0.6 is 0 Å². The van der Waals surface area contributed by atoms with Gasteiger partial charge in [0.05, 0.1) is 5.70 Å². The Balaban J connectivity index is 2.51. The fourth-order valence-electron chi connectivity index (χ4n) is 2.32. The lowest BCUT2D eigenvalue weighted by Gasteiger charge is -2.27. The summed E-state index contributed by atoms with van der Waals surface area (Å²) in [6.07, 6.45) is 7.98. The second-order valence-electron chi connectivity index (χ2n) is 4.93. The van der Waals surface area contributed by atoms with Crippen LogP contribution in [0, 0.1) is 11.8 Å². The summed E-state index contributed by atoms with van der Waals surface area (Å²) in [4.78, 5) is 4.32. The number of nitrogens with two attached hydrogens (primary N) is 1. The van der Waals surface area contributed by atoms with E-state index in [2.05, 4.69) is 18.2 Å². The van der Waals surface area contributed by atoms with Crippen molar-refractivity contribution in [2.75, 3.05) is 6.61 Å². The predicted molar refractivity (Wildman–Crippen MR) is 77.3 cm³/mol. The molecule has 1 rings (SSSR count). The van der Waals surface area contributed by atoms with Crippen LogP contribution in [-0.4, -0.2) is 17.9 Å². The number of aliphatic imine (C=N–C) groups is 1.